The van der Waals surface area contributed by atoms with Crippen molar-refractivity contribution in [2.75, 3.05) is 5.32 Å². The van der Waals surface area contributed by atoms with Gasteiger partial charge < -0.3 is 10.1 Å². The molecule has 15 heavy (non-hydrogen) atoms. The SMILES string of the molecule is Clc1ccc(NC2CC3CCC2O3)nc1. The first-order chi connectivity index (χ1) is 7.31. The number of pyridine rings is 1. The molecule has 80 valence electrons. The molecule has 1 aromatic heterocycles. The van der Waals surface area contributed by atoms with Gasteiger partial charge in [-0.2, -0.15) is 0 Å². The molecule has 0 aliphatic carbocycles. The van der Waals surface area contributed by atoms with Gasteiger partial charge in [-0.1, -0.05) is 11.6 Å². The van der Waals surface area contributed by atoms with E-state index in [1.165, 1.54) is 12.8 Å². The Hall–Kier alpha value is -0.800. The van der Waals surface area contributed by atoms with Gasteiger partial charge >= 0.3 is 0 Å². The number of fused-ring (bicyclic) bond motifs is 2. The predicted octanol–water partition coefficient (Wildman–Crippen LogP) is 2.47. The van der Waals surface area contributed by atoms with E-state index in [0.29, 0.717) is 23.3 Å². The minimum absolute atomic E-state index is 0.382. The van der Waals surface area contributed by atoms with Gasteiger partial charge in [0.05, 0.1) is 23.3 Å². The third kappa shape index (κ3) is 1.82. The Morgan fingerprint density at radius 2 is 2.33 bits per heavy atom. The summed E-state index contributed by atoms with van der Waals surface area (Å²) in [5.74, 6) is 0.889. The highest BCUT2D eigenvalue weighted by Gasteiger charge is 2.40. The van der Waals surface area contributed by atoms with E-state index >= 15 is 0 Å². The number of nitrogens with zero attached hydrogens (tertiary/aromatic N) is 1. The zero-order valence-corrected chi connectivity index (χ0v) is 9.07. The average Bonchev–Trinajstić information content (AvgIpc) is 2.83. The molecular formula is C11H13ClN2O. The standard InChI is InChI=1S/C11H13ClN2O/c12-7-1-4-11(13-6-7)14-9-5-8-2-3-10(9)15-8/h1,4,6,8-10H,2-3,5H2,(H,13,14). The number of nitrogens with one attached hydrogen (secondary N) is 1. The number of aromatic nitrogens is 1. The van der Waals surface area contributed by atoms with Gasteiger partial charge in [-0.05, 0) is 31.4 Å². The second-order valence-electron chi connectivity index (χ2n) is 4.22. The van der Waals surface area contributed by atoms with Crippen LogP contribution in [-0.4, -0.2) is 23.2 Å². The molecule has 1 aromatic rings. The van der Waals surface area contributed by atoms with Crippen LogP contribution in [0.5, 0.6) is 0 Å². The van der Waals surface area contributed by atoms with Crippen molar-refractivity contribution in [1.82, 2.24) is 4.98 Å². The third-order valence-corrected chi connectivity index (χ3v) is 3.39. The second-order valence-corrected chi connectivity index (χ2v) is 4.66. The summed E-state index contributed by atoms with van der Waals surface area (Å²) < 4.78 is 5.76. The number of rotatable bonds is 2. The van der Waals surface area contributed by atoms with E-state index in [0.717, 1.165) is 12.2 Å². The molecule has 3 unspecified atom stereocenters. The minimum atomic E-state index is 0.382. The Kier molecular flexibility index (Phi) is 2.29. The average molecular weight is 225 g/mol. The molecule has 3 rings (SSSR count). The van der Waals surface area contributed by atoms with Crippen molar-refractivity contribution >= 4 is 17.4 Å². The Morgan fingerprint density at radius 1 is 1.40 bits per heavy atom. The van der Waals surface area contributed by atoms with Crippen LogP contribution in [0.15, 0.2) is 18.3 Å². The van der Waals surface area contributed by atoms with Crippen molar-refractivity contribution in [3.63, 3.8) is 0 Å². The molecule has 2 bridgehead atoms. The summed E-state index contributed by atoms with van der Waals surface area (Å²) in [6.45, 7) is 0. The second kappa shape index (κ2) is 3.65. The lowest BCUT2D eigenvalue weighted by Gasteiger charge is -2.20. The first kappa shape index (κ1) is 9.43. The highest BCUT2D eigenvalue weighted by molar-refractivity contribution is 6.30. The molecule has 1 N–H and O–H groups in total. The fourth-order valence-electron chi connectivity index (χ4n) is 2.44. The molecule has 3 heterocycles. The molecule has 2 saturated heterocycles. The maximum absolute atomic E-state index is 5.78. The molecule has 0 aromatic carbocycles. The minimum Gasteiger partial charge on any atom is -0.373 e. The fraction of sp³-hybridized carbons (Fsp3) is 0.545. The largest absolute Gasteiger partial charge is 0.373 e. The van der Waals surface area contributed by atoms with Gasteiger partial charge in [0, 0.05) is 6.20 Å². The van der Waals surface area contributed by atoms with Crippen molar-refractivity contribution in [2.24, 2.45) is 0 Å². The van der Waals surface area contributed by atoms with Gasteiger partial charge in [0.1, 0.15) is 5.82 Å². The molecule has 4 heteroatoms. The molecule has 2 aliphatic rings. The number of halogens is 1. The van der Waals surface area contributed by atoms with Crippen LogP contribution in [-0.2, 0) is 4.74 Å². The normalized spacial score (nSPS) is 33.3. The summed E-state index contributed by atoms with van der Waals surface area (Å²) in [5.41, 5.74) is 0. The summed E-state index contributed by atoms with van der Waals surface area (Å²) in [5, 5.41) is 4.08. The van der Waals surface area contributed by atoms with Gasteiger partial charge in [0.25, 0.3) is 0 Å². The van der Waals surface area contributed by atoms with E-state index in [1.807, 2.05) is 12.1 Å². The molecule has 0 spiro atoms. The lowest BCUT2D eigenvalue weighted by atomic mass is 9.95. The van der Waals surface area contributed by atoms with Crippen LogP contribution in [0.3, 0.4) is 0 Å². The first-order valence-electron chi connectivity index (χ1n) is 5.35. The van der Waals surface area contributed by atoms with Crippen molar-refractivity contribution in [3.05, 3.63) is 23.4 Å². The van der Waals surface area contributed by atoms with Crippen LogP contribution >= 0.6 is 11.6 Å². The quantitative estimate of drug-likeness (QED) is 0.838. The van der Waals surface area contributed by atoms with E-state index in [-0.39, 0.29) is 0 Å². The van der Waals surface area contributed by atoms with E-state index in [2.05, 4.69) is 10.3 Å². The lowest BCUT2D eigenvalue weighted by Crippen LogP contribution is -2.30. The van der Waals surface area contributed by atoms with Crippen LogP contribution in [0, 0.1) is 0 Å². The zero-order chi connectivity index (χ0) is 10.3. The Bertz CT molecular complexity index is 354. The molecule has 0 amide bonds. The van der Waals surface area contributed by atoms with E-state index in [1.54, 1.807) is 6.20 Å². The summed E-state index contributed by atoms with van der Waals surface area (Å²) in [6.07, 6.45) is 6.02. The zero-order valence-electron chi connectivity index (χ0n) is 8.32. The van der Waals surface area contributed by atoms with Crippen molar-refractivity contribution < 1.29 is 4.74 Å². The van der Waals surface area contributed by atoms with Gasteiger partial charge in [-0.25, -0.2) is 4.98 Å². The van der Waals surface area contributed by atoms with Gasteiger partial charge in [-0.15, -0.1) is 0 Å². The smallest absolute Gasteiger partial charge is 0.126 e. The van der Waals surface area contributed by atoms with Gasteiger partial charge in [0.2, 0.25) is 0 Å². The number of hydrogen-bond acceptors (Lipinski definition) is 3. The van der Waals surface area contributed by atoms with E-state index in [9.17, 15) is 0 Å². The third-order valence-electron chi connectivity index (χ3n) is 3.17. The highest BCUT2D eigenvalue weighted by Crippen LogP contribution is 2.35. The van der Waals surface area contributed by atoms with Gasteiger partial charge in [0.15, 0.2) is 0 Å². The number of hydrogen-bond donors (Lipinski definition) is 1. The number of anilines is 1. The topological polar surface area (TPSA) is 34.1 Å². The van der Waals surface area contributed by atoms with E-state index < -0.39 is 0 Å². The van der Waals surface area contributed by atoms with Crippen LogP contribution < -0.4 is 5.32 Å². The molecule has 0 saturated carbocycles. The summed E-state index contributed by atoms with van der Waals surface area (Å²) in [6, 6.07) is 4.19. The summed E-state index contributed by atoms with van der Waals surface area (Å²) in [7, 11) is 0. The molecule has 3 nitrogen and oxygen atoms in total. The lowest BCUT2D eigenvalue weighted by molar-refractivity contribution is 0.102. The molecule has 2 aliphatic heterocycles. The first-order valence-corrected chi connectivity index (χ1v) is 5.72. The van der Waals surface area contributed by atoms with Crippen LogP contribution in [0.25, 0.3) is 0 Å². The Balaban J connectivity index is 1.68. The molecular weight excluding hydrogens is 212 g/mol. The van der Waals surface area contributed by atoms with Gasteiger partial charge in [-0.3, -0.25) is 0 Å². The molecule has 0 radical (unpaired) electrons. The predicted molar refractivity (Wildman–Crippen MR) is 59.2 cm³/mol. The van der Waals surface area contributed by atoms with Crippen LogP contribution in [0.4, 0.5) is 5.82 Å². The van der Waals surface area contributed by atoms with Crippen LogP contribution in [0.1, 0.15) is 19.3 Å². The number of ether oxygens (including phenoxy) is 1. The molecule has 3 atom stereocenters. The molecule has 2 fully saturated rings. The maximum Gasteiger partial charge on any atom is 0.126 e. The Morgan fingerprint density at radius 3 is 2.93 bits per heavy atom. The summed E-state index contributed by atoms with van der Waals surface area (Å²) in [4.78, 5) is 4.23. The monoisotopic (exact) mass is 224 g/mol. The Labute approximate surface area is 93.8 Å². The van der Waals surface area contributed by atoms with Crippen molar-refractivity contribution in [2.45, 2.75) is 37.5 Å². The summed E-state index contributed by atoms with van der Waals surface area (Å²) >= 11 is 5.78. The van der Waals surface area contributed by atoms with E-state index in [4.69, 9.17) is 16.3 Å². The van der Waals surface area contributed by atoms with Crippen molar-refractivity contribution in [3.8, 4) is 0 Å². The van der Waals surface area contributed by atoms with Crippen LogP contribution in [0.2, 0.25) is 5.02 Å². The fourth-order valence-corrected chi connectivity index (χ4v) is 2.55. The maximum atomic E-state index is 5.78. The van der Waals surface area contributed by atoms with Crippen molar-refractivity contribution in [1.29, 1.82) is 0 Å². The highest BCUT2D eigenvalue weighted by atomic mass is 35.5.